The van der Waals surface area contributed by atoms with Crippen molar-refractivity contribution in [3.63, 3.8) is 0 Å². The number of rotatable bonds is 2. The molecular weight excluding hydrogens is 340 g/mol. The van der Waals surface area contributed by atoms with Crippen LogP contribution in [0.2, 0.25) is 0 Å². The first-order valence-electron chi connectivity index (χ1n) is 10.9. The number of fused-ring (bicyclic) bond motifs is 5. The summed E-state index contributed by atoms with van der Waals surface area (Å²) in [6.45, 7) is 7.80. The van der Waals surface area contributed by atoms with E-state index in [1.807, 2.05) is 13.8 Å². The first-order valence-corrected chi connectivity index (χ1v) is 10.9. The van der Waals surface area contributed by atoms with E-state index in [4.69, 9.17) is 4.74 Å². The normalized spacial score (nSPS) is 45.2. The van der Waals surface area contributed by atoms with Crippen molar-refractivity contribution in [2.75, 3.05) is 0 Å². The van der Waals surface area contributed by atoms with Crippen molar-refractivity contribution in [1.29, 1.82) is 0 Å². The van der Waals surface area contributed by atoms with Crippen LogP contribution in [0, 0.1) is 28.6 Å². The molecular formula is C23H36O4. The quantitative estimate of drug-likeness (QED) is 0.439. The van der Waals surface area contributed by atoms with Crippen LogP contribution in [-0.2, 0) is 14.3 Å². The molecule has 0 saturated heterocycles. The third-order valence-corrected chi connectivity index (χ3v) is 8.11. The Hall–Kier alpha value is -1.16. The molecule has 27 heavy (non-hydrogen) atoms. The molecule has 0 amide bonds. The fraction of sp³-hybridized carbons (Fsp3) is 0.826. The van der Waals surface area contributed by atoms with Gasteiger partial charge in [-0.15, -0.1) is 0 Å². The first kappa shape index (κ1) is 20.6. The van der Waals surface area contributed by atoms with Crippen molar-refractivity contribution in [3.8, 4) is 0 Å². The van der Waals surface area contributed by atoms with E-state index >= 15 is 0 Å². The molecule has 7 atom stereocenters. The Morgan fingerprint density at radius 2 is 1.93 bits per heavy atom. The lowest BCUT2D eigenvalue weighted by molar-refractivity contribution is -0.157. The summed E-state index contributed by atoms with van der Waals surface area (Å²) in [7, 11) is 0. The van der Waals surface area contributed by atoms with Gasteiger partial charge in [-0.1, -0.05) is 32.4 Å². The number of carbonyl (C=O) groups excluding carboxylic acids is 2. The van der Waals surface area contributed by atoms with Crippen molar-refractivity contribution < 1.29 is 19.4 Å². The van der Waals surface area contributed by atoms with E-state index in [0.717, 1.165) is 44.9 Å². The van der Waals surface area contributed by atoms with Crippen LogP contribution in [0.5, 0.6) is 0 Å². The van der Waals surface area contributed by atoms with Crippen LogP contribution in [0.3, 0.4) is 0 Å². The number of hydrogen-bond donors (Lipinski definition) is 1. The highest BCUT2D eigenvalue weighted by molar-refractivity contribution is 5.67. The largest absolute Gasteiger partial charge is 0.462 e. The number of aliphatic hydroxyl groups excluding tert-OH is 1. The van der Waals surface area contributed by atoms with Gasteiger partial charge in [-0.25, -0.2) is 0 Å². The summed E-state index contributed by atoms with van der Waals surface area (Å²) in [4.78, 5) is 23.8. The van der Waals surface area contributed by atoms with Gasteiger partial charge in [-0.05, 0) is 69.1 Å². The minimum atomic E-state index is -0.344. The zero-order valence-corrected chi connectivity index (χ0v) is 17.4. The van der Waals surface area contributed by atoms with Crippen molar-refractivity contribution in [2.24, 2.45) is 28.6 Å². The van der Waals surface area contributed by atoms with Gasteiger partial charge in [-0.3, -0.25) is 4.79 Å². The molecule has 0 aromatic rings. The number of carbonyl (C=O) groups is 2. The van der Waals surface area contributed by atoms with Crippen LogP contribution in [0.25, 0.3) is 0 Å². The van der Waals surface area contributed by atoms with Gasteiger partial charge in [0.05, 0.1) is 11.5 Å². The summed E-state index contributed by atoms with van der Waals surface area (Å²) in [5.74, 6) is 1.25. The molecule has 0 radical (unpaired) electrons. The zero-order valence-electron chi connectivity index (χ0n) is 17.4. The van der Waals surface area contributed by atoms with Crippen LogP contribution in [0.1, 0.15) is 79.1 Å². The molecule has 4 nitrogen and oxygen atoms in total. The zero-order chi connectivity index (χ0) is 19.8. The molecule has 1 N–H and O–H groups in total. The highest BCUT2D eigenvalue weighted by atomic mass is 16.5. The predicted octanol–water partition coefficient (Wildman–Crippen LogP) is 4.45. The monoisotopic (exact) mass is 376 g/mol. The number of aldehydes is 1. The lowest BCUT2D eigenvalue weighted by Crippen LogP contribution is -2.53. The molecule has 4 aliphatic rings. The standard InChI is InChI=1S/C21H30O4.C2H6/c1-13(23)25-19-6-5-17-16-4-3-14-11-15(24)7-10-21(14,12-22)18(16)8-9-20(17,19)2;1-2/h3,12,15-19,24H,4-11H2,1-2H3;1-2H3. The molecule has 0 bridgehead atoms. The van der Waals surface area contributed by atoms with E-state index in [1.165, 1.54) is 18.8 Å². The molecule has 4 rings (SSSR count). The van der Waals surface area contributed by atoms with Crippen LogP contribution in [0.4, 0.5) is 0 Å². The topological polar surface area (TPSA) is 63.6 Å². The molecule has 3 saturated carbocycles. The Morgan fingerprint density at radius 1 is 1.19 bits per heavy atom. The molecule has 3 fully saturated rings. The van der Waals surface area contributed by atoms with Gasteiger partial charge in [0.15, 0.2) is 0 Å². The van der Waals surface area contributed by atoms with Crippen molar-refractivity contribution >= 4 is 12.3 Å². The third-order valence-electron chi connectivity index (χ3n) is 8.11. The second-order valence-electron chi connectivity index (χ2n) is 9.12. The van der Waals surface area contributed by atoms with Gasteiger partial charge < -0.3 is 14.6 Å². The van der Waals surface area contributed by atoms with Gasteiger partial charge in [0.25, 0.3) is 0 Å². The maximum atomic E-state index is 12.3. The van der Waals surface area contributed by atoms with Gasteiger partial charge in [0, 0.05) is 12.3 Å². The molecule has 4 heteroatoms. The van der Waals surface area contributed by atoms with Crippen LogP contribution in [-0.4, -0.2) is 29.6 Å². The number of aliphatic hydroxyl groups is 1. The van der Waals surface area contributed by atoms with Gasteiger partial charge in [0.2, 0.25) is 0 Å². The second kappa shape index (κ2) is 7.69. The van der Waals surface area contributed by atoms with Crippen LogP contribution < -0.4 is 0 Å². The summed E-state index contributed by atoms with van der Waals surface area (Å²) >= 11 is 0. The van der Waals surface area contributed by atoms with E-state index in [1.54, 1.807) is 0 Å². The average Bonchev–Trinajstić information content (AvgIpc) is 2.99. The van der Waals surface area contributed by atoms with E-state index in [0.29, 0.717) is 24.2 Å². The fourth-order valence-electron chi connectivity index (χ4n) is 6.91. The van der Waals surface area contributed by atoms with Crippen LogP contribution >= 0.6 is 0 Å². The number of ether oxygens (including phenoxy) is 1. The Morgan fingerprint density at radius 3 is 2.59 bits per heavy atom. The summed E-state index contributed by atoms with van der Waals surface area (Å²) in [6.07, 6.45) is 10.5. The van der Waals surface area contributed by atoms with Gasteiger partial charge in [-0.2, -0.15) is 0 Å². The Labute approximate surface area is 163 Å². The van der Waals surface area contributed by atoms with Crippen molar-refractivity contribution in [3.05, 3.63) is 11.6 Å². The minimum Gasteiger partial charge on any atom is -0.462 e. The maximum absolute atomic E-state index is 12.3. The lowest BCUT2D eigenvalue weighted by atomic mass is 9.48. The van der Waals surface area contributed by atoms with E-state index in [9.17, 15) is 14.7 Å². The van der Waals surface area contributed by atoms with Crippen molar-refractivity contribution in [1.82, 2.24) is 0 Å². The smallest absolute Gasteiger partial charge is 0.302 e. The molecule has 152 valence electrons. The fourth-order valence-corrected chi connectivity index (χ4v) is 6.91. The summed E-state index contributed by atoms with van der Waals surface area (Å²) in [5, 5.41) is 10.1. The number of esters is 1. The molecule has 7 unspecified atom stereocenters. The maximum Gasteiger partial charge on any atom is 0.302 e. The highest BCUT2D eigenvalue weighted by Crippen LogP contribution is 2.64. The molecule has 0 aromatic heterocycles. The van der Waals surface area contributed by atoms with E-state index in [-0.39, 0.29) is 29.0 Å². The van der Waals surface area contributed by atoms with E-state index in [2.05, 4.69) is 13.0 Å². The van der Waals surface area contributed by atoms with Gasteiger partial charge in [0.1, 0.15) is 12.4 Å². The first-order chi connectivity index (χ1) is 12.9. The summed E-state index contributed by atoms with van der Waals surface area (Å²) < 4.78 is 5.68. The summed E-state index contributed by atoms with van der Waals surface area (Å²) in [5.41, 5.74) is 0.903. The Bertz CT molecular complexity index is 611. The molecule has 0 heterocycles. The number of allylic oxidation sites excluding steroid dienone is 1. The predicted molar refractivity (Wildman–Crippen MR) is 105 cm³/mol. The molecule has 4 aliphatic carbocycles. The molecule has 0 aromatic carbocycles. The van der Waals surface area contributed by atoms with Crippen LogP contribution in [0.15, 0.2) is 11.6 Å². The second-order valence-corrected chi connectivity index (χ2v) is 9.12. The molecule has 0 spiro atoms. The highest BCUT2D eigenvalue weighted by Gasteiger charge is 2.60. The average molecular weight is 377 g/mol. The van der Waals surface area contributed by atoms with Gasteiger partial charge >= 0.3 is 5.97 Å². The molecule has 0 aliphatic heterocycles. The SMILES string of the molecule is CC.CC(=O)OC1CCC2C3CC=C4CC(O)CCC4(C=O)C3CCC12C. The lowest BCUT2D eigenvalue weighted by Gasteiger charge is -2.56. The Kier molecular flexibility index (Phi) is 5.86. The minimum absolute atomic E-state index is 0.0293. The van der Waals surface area contributed by atoms with E-state index < -0.39 is 0 Å². The third kappa shape index (κ3) is 3.18. The number of hydrogen-bond acceptors (Lipinski definition) is 4. The Balaban J connectivity index is 0.00000102. The van der Waals surface area contributed by atoms with Crippen molar-refractivity contribution in [2.45, 2.75) is 91.3 Å². The summed E-state index contributed by atoms with van der Waals surface area (Å²) in [6, 6.07) is 0.